The molecule has 6 nitrogen and oxygen atoms in total. The van der Waals surface area contributed by atoms with E-state index in [1.54, 1.807) is 0 Å². The number of nitrogens with one attached hydrogen (secondary N) is 3. The van der Waals surface area contributed by atoms with Crippen molar-refractivity contribution in [3.63, 3.8) is 0 Å². The Balaban J connectivity index is 1.35. The van der Waals surface area contributed by atoms with Gasteiger partial charge in [0, 0.05) is 26.1 Å². The molecule has 3 N–H and O–H groups in total. The number of rotatable bonds is 9. The highest BCUT2D eigenvalue weighted by Crippen LogP contribution is 2.15. The zero-order chi connectivity index (χ0) is 19.6. The summed E-state index contributed by atoms with van der Waals surface area (Å²) in [6.45, 7) is 10.9. The number of hydrogen-bond donors (Lipinski definition) is 3. The highest BCUT2D eigenvalue weighted by molar-refractivity contribution is 5.79. The number of aliphatic imine (C=N–C) groups is 1. The second-order valence-corrected chi connectivity index (χ2v) is 7.87. The summed E-state index contributed by atoms with van der Waals surface area (Å²) >= 11 is 0. The summed E-state index contributed by atoms with van der Waals surface area (Å²) in [6, 6.07) is 8.18. The number of H-pyrrole nitrogens is 1. The normalized spacial score (nSPS) is 16.6. The Bertz CT molecular complexity index is 696. The lowest BCUT2D eigenvalue weighted by Crippen LogP contribution is -2.39. The lowest BCUT2D eigenvalue weighted by molar-refractivity contribution is 0.191. The standard InChI is InChI=1S/C22H36N6/c1-3-23-22(25-14-7-15-28-16-11-18(2)12-17-28)24-13-6-10-21-26-19-8-4-5-9-20(19)27-21/h4-5,8-9,18H,3,6-7,10-17H2,1-2H3,(H,26,27)(H2,23,24,25). The van der Waals surface area contributed by atoms with E-state index in [0.717, 1.165) is 67.6 Å². The van der Waals surface area contributed by atoms with E-state index < -0.39 is 0 Å². The minimum atomic E-state index is 0.802. The van der Waals surface area contributed by atoms with Crippen LogP contribution in [0.15, 0.2) is 29.3 Å². The molecular formula is C22H36N6. The Morgan fingerprint density at radius 3 is 2.82 bits per heavy atom. The average Bonchev–Trinajstić information content (AvgIpc) is 3.12. The first kappa shape index (κ1) is 20.6. The van der Waals surface area contributed by atoms with Gasteiger partial charge in [0.1, 0.15) is 5.82 Å². The van der Waals surface area contributed by atoms with Gasteiger partial charge in [-0.25, -0.2) is 4.98 Å². The van der Waals surface area contributed by atoms with E-state index >= 15 is 0 Å². The quantitative estimate of drug-likeness (QED) is 0.353. The van der Waals surface area contributed by atoms with Crippen LogP contribution in [0.5, 0.6) is 0 Å². The van der Waals surface area contributed by atoms with Crippen molar-refractivity contribution in [1.29, 1.82) is 0 Å². The van der Waals surface area contributed by atoms with Crippen LogP contribution < -0.4 is 10.6 Å². The molecule has 1 saturated heterocycles. The molecule has 0 aliphatic carbocycles. The van der Waals surface area contributed by atoms with E-state index in [1.807, 2.05) is 18.2 Å². The molecule has 0 radical (unpaired) electrons. The fraction of sp³-hybridized carbons (Fsp3) is 0.636. The molecule has 0 spiro atoms. The van der Waals surface area contributed by atoms with Crippen LogP contribution in [-0.2, 0) is 6.42 Å². The second kappa shape index (κ2) is 11.1. The topological polar surface area (TPSA) is 68.3 Å². The Morgan fingerprint density at radius 2 is 2.04 bits per heavy atom. The van der Waals surface area contributed by atoms with Gasteiger partial charge in [-0.2, -0.15) is 0 Å². The van der Waals surface area contributed by atoms with Crippen molar-refractivity contribution in [1.82, 2.24) is 25.5 Å². The van der Waals surface area contributed by atoms with Gasteiger partial charge in [0.25, 0.3) is 0 Å². The Hall–Kier alpha value is -2.08. The molecule has 154 valence electrons. The molecule has 1 fully saturated rings. The average molecular weight is 385 g/mol. The number of para-hydroxylation sites is 2. The van der Waals surface area contributed by atoms with Crippen molar-refractivity contribution < 1.29 is 0 Å². The summed E-state index contributed by atoms with van der Waals surface area (Å²) in [5.74, 6) is 2.88. The molecule has 1 aliphatic rings. The third-order valence-corrected chi connectivity index (χ3v) is 5.44. The van der Waals surface area contributed by atoms with E-state index in [4.69, 9.17) is 4.99 Å². The van der Waals surface area contributed by atoms with Gasteiger partial charge in [0.05, 0.1) is 11.0 Å². The Kier molecular flexibility index (Phi) is 8.15. The molecule has 2 aromatic rings. The molecule has 0 saturated carbocycles. The maximum atomic E-state index is 4.72. The number of guanidine groups is 1. The second-order valence-electron chi connectivity index (χ2n) is 7.87. The maximum absolute atomic E-state index is 4.72. The Morgan fingerprint density at radius 1 is 1.21 bits per heavy atom. The van der Waals surface area contributed by atoms with Crippen LogP contribution in [0, 0.1) is 5.92 Å². The molecule has 0 bridgehead atoms. The zero-order valence-corrected chi connectivity index (χ0v) is 17.5. The van der Waals surface area contributed by atoms with Crippen LogP contribution in [0.1, 0.15) is 45.4 Å². The number of aryl methyl sites for hydroxylation is 1. The van der Waals surface area contributed by atoms with Crippen molar-refractivity contribution in [2.24, 2.45) is 10.9 Å². The molecular weight excluding hydrogens is 348 g/mol. The summed E-state index contributed by atoms with van der Waals surface area (Å²) < 4.78 is 0. The van der Waals surface area contributed by atoms with Crippen LogP contribution in [0.3, 0.4) is 0 Å². The van der Waals surface area contributed by atoms with Crippen molar-refractivity contribution in [3.8, 4) is 0 Å². The fourth-order valence-corrected chi connectivity index (χ4v) is 3.70. The smallest absolute Gasteiger partial charge is 0.191 e. The van der Waals surface area contributed by atoms with Crippen molar-refractivity contribution in [3.05, 3.63) is 30.1 Å². The molecule has 1 aromatic carbocycles. The molecule has 0 atom stereocenters. The molecule has 0 unspecified atom stereocenters. The first-order valence-electron chi connectivity index (χ1n) is 10.9. The molecule has 28 heavy (non-hydrogen) atoms. The fourth-order valence-electron chi connectivity index (χ4n) is 3.70. The predicted octanol–water partition coefficient (Wildman–Crippen LogP) is 3.17. The van der Waals surface area contributed by atoms with Crippen molar-refractivity contribution in [2.75, 3.05) is 39.3 Å². The first-order valence-corrected chi connectivity index (χ1v) is 10.9. The van der Waals surface area contributed by atoms with Crippen molar-refractivity contribution in [2.45, 2.75) is 46.0 Å². The number of aromatic amines is 1. The van der Waals surface area contributed by atoms with Gasteiger partial charge in [-0.15, -0.1) is 0 Å². The number of piperidine rings is 1. The molecule has 3 rings (SSSR count). The van der Waals surface area contributed by atoms with Gasteiger partial charge in [-0.1, -0.05) is 19.1 Å². The number of likely N-dealkylation sites (tertiary alicyclic amines) is 1. The van der Waals surface area contributed by atoms with E-state index in [2.05, 4.69) is 45.4 Å². The van der Waals surface area contributed by atoms with E-state index in [0.29, 0.717) is 0 Å². The molecule has 6 heteroatoms. The SMILES string of the molecule is CCNC(=NCCCc1nc2ccccc2[nH]1)NCCCN1CCC(C)CC1. The Labute approximate surface area is 169 Å². The van der Waals surface area contributed by atoms with Gasteiger partial charge in [0.2, 0.25) is 0 Å². The monoisotopic (exact) mass is 384 g/mol. The van der Waals surface area contributed by atoms with Crippen LogP contribution in [-0.4, -0.2) is 60.1 Å². The molecule has 0 amide bonds. The van der Waals surface area contributed by atoms with Crippen LogP contribution in [0.4, 0.5) is 0 Å². The van der Waals surface area contributed by atoms with Crippen LogP contribution in [0.2, 0.25) is 0 Å². The number of benzene rings is 1. The zero-order valence-electron chi connectivity index (χ0n) is 17.5. The predicted molar refractivity (Wildman–Crippen MR) is 118 cm³/mol. The molecule has 1 aromatic heterocycles. The molecule has 1 aliphatic heterocycles. The highest BCUT2D eigenvalue weighted by Gasteiger charge is 2.14. The van der Waals surface area contributed by atoms with E-state index in [9.17, 15) is 0 Å². The third-order valence-electron chi connectivity index (χ3n) is 5.44. The van der Waals surface area contributed by atoms with Gasteiger partial charge < -0.3 is 20.5 Å². The molecule has 2 heterocycles. The van der Waals surface area contributed by atoms with Gasteiger partial charge in [0.15, 0.2) is 5.96 Å². The highest BCUT2D eigenvalue weighted by atomic mass is 15.2. The number of aromatic nitrogens is 2. The number of imidazole rings is 1. The largest absolute Gasteiger partial charge is 0.357 e. The lowest BCUT2D eigenvalue weighted by Gasteiger charge is -2.30. The third kappa shape index (κ3) is 6.51. The van der Waals surface area contributed by atoms with Gasteiger partial charge in [-0.3, -0.25) is 4.99 Å². The number of nitrogens with zero attached hydrogens (tertiary/aromatic N) is 3. The number of hydrogen-bond acceptors (Lipinski definition) is 3. The van der Waals surface area contributed by atoms with Crippen LogP contribution in [0.25, 0.3) is 11.0 Å². The summed E-state index contributed by atoms with van der Waals surface area (Å²) in [6.07, 6.45) is 5.77. The van der Waals surface area contributed by atoms with Gasteiger partial charge >= 0.3 is 0 Å². The maximum Gasteiger partial charge on any atom is 0.191 e. The van der Waals surface area contributed by atoms with Crippen molar-refractivity contribution >= 4 is 17.0 Å². The number of fused-ring (bicyclic) bond motifs is 1. The minimum absolute atomic E-state index is 0.802. The van der Waals surface area contributed by atoms with Crippen LogP contribution >= 0.6 is 0 Å². The van der Waals surface area contributed by atoms with Gasteiger partial charge in [-0.05, 0) is 70.3 Å². The van der Waals surface area contributed by atoms with E-state index in [1.165, 1.54) is 32.5 Å². The summed E-state index contributed by atoms with van der Waals surface area (Å²) in [5.41, 5.74) is 2.15. The van der Waals surface area contributed by atoms with E-state index in [-0.39, 0.29) is 0 Å². The summed E-state index contributed by atoms with van der Waals surface area (Å²) in [5, 5.41) is 6.83. The lowest BCUT2D eigenvalue weighted by atomic mass is 9.99. The summed E-state index contributed by atoms with van der Waals surface area (Å²) in [4.78, 5) is 15.3. The first-order chi connectivity index (χ1) is 13.7. The summed E-state index contributed by atoms with van der Waals surface area (Å²) in [7, 11) is 0. The minimum Gasteiger partial charge on any atom is -0.357 e.